The lowest BCUT2D eigenvalue weighted by Crippen LogP contribution is -2.47. The molecule has 2 aromatic rings. The number of hydrogen-bond donors (Lipinski definition) is 0. The molecule has 2 amide bonds. The summed E-state index contributed by atoms with van der Waals surface area (Å²) in [5.41, 5.74) is 1.44. The molecule has 5 rings (SSSR count). The Labute approximate surface area is 197 Å². The van der Waals surface area contributed by atoms with Crippen LogP contribution in [0, 0.1) is 11.7 Å². The number of ether oxygens (including phenoxy) is 1. The Morgan fingerprint density at radius 1 is 1.12 bits per heavy atom. The number of carbonyl (C=O) groups is 2. The SMILES string of the molecule is O=C(C1CC1)N(CCN1CCOCC1)CC(=O)N1N=C(c2ccc(F)cc2)CC1c1ccco1. The van der Waals surface area contributed by atoms with Crippen LogP contribution in [-0.4, -0.2) is 78.3 Å². The number of amides is 2. The van der Waals surface area contributed by atoms with Crippen LogP contribution >= 0.6 is 0 Å². The van der Waals surface area contributed by atoms with Crippen LogP contribution in [-0.2, 0) is 14.3 Å². The van der Waals surface area contributed by atoms with Crippen molar-refractivity contribution in [1.29, 1.82) is 0 Å². The number of carbonyl (C=O) groups excluding carboxylic acids is 2. The highest BCUT2D eigenvalue weighted by Crippen LogP contribution is 2.34. The Hall–Kier alpha value is -3.04. The van der Waals surface area contributed by atoms with Crippen LogP contribution in [0.2, 0.25) is 0 Å². The summed E-state index contributed by atoms with van der Waals surface area (Å²) < 4.78 is 24.4. The molecule has 180 valence electrons. The predicted octanol–water partition coefficient (Wildman–Crippen LogP) is 2.67. The standard InChI is InChI=1S/C25H29FN4O4/c26-20-7-5-18(6-8-20)21-16-22(23-2-1-13-34-23)30(27-21)24(31)17-29(25(32)19-3-4-19)10-9-28-11-14-33-15-12-28/h1-2,5-8,13,19,22H,3-4,9-12,14-17H2. The van der Waals surface area contributed by atoms with E-state index in [4.69, 9.17) is 9.15 Å². The summed E-state index contributed by atoms with van der Waals surface area (Å²) in [5, 5.41) is 6.03. The van der Waals surface area contributed by atoms with Crippen LogP contribution in [0.25, 0.3) is 0 Å². The molecule has 0 radical (unpaired) electrons. The maximum absolute atomic E-state index is 13.5. The molecule has 34 heavy (non-hydrogen) atoms. The maximum atomic E-state index is 13.5. The molecule has 1 aromatic heterocycles. The normalized spacial score (nSPS) is 20.9. The average molecular weight is 469 g/mol. The van der Waals surface area contributed by atoms with Gasteiger partial charge < -0.3 is 14.1 Å². The minimum absolute atomic E-state index is 0.0233. The molecule has 8 nitrogen and oxygen atoms in total. The van der Waals surface area contributed by atoms with Crippen molar-refractivity contribution in [3.63, 3.8) is 0 Å². The van der Waals surface area contributed by atoms with Gasteiger partial charge in [0, 0.05) is 38.5 Å². The molecule has 1 saturated heterocycles. The van der Waals surface area contributed by atoms with Crippen LogP contribution in [0.15, 0.2) is 52.2 Å². The van der Waals surface area contributed by atoms with Gasteiger partial charge in [0.1, 0.15) is 24.2 Å². The number of furan rings is 1. The second-order valence-electron chi connectivity index (χ2n) is 9.02. The number of benzene rings is 1. The van der Waals surface area contributed by atoms with E-state index in [1.165, 1.54) is 17.1 Å². The van der Waals surface area contributed by atoms with Gasteiger partial charge in [0.05, 0.1) is 25.2 Å². The predicted molar refractivity (Wildman–Crippen MR) is 122 cm³/mol. The van der Waals surface area contributed by atoms with E-state index in [0.717, 1.165) is 31.5 Å². The van der Waals surface area contributed by atoms with E-state index in [2.05, 4.69) is 10.0 Å². The van der Waals surface area contributed by atoms with Gasteiger partial charge in [0.2, 0.25) is 5.91 Å². The fourth-order valence-electron chi connectivity index (χ4n) is 4.44. The molecule has 3 aliphatic rings. The first-order valence-electron chi connectivity index (χ1n) is 11.9. The third kappa shape index (κ3) is 5.20. The number of halogens is 1. The van der Waals surface area contributed by atoms with Crippen molar-refractivity contribution in [3.8, 4) is 0 Å². The number of morpholine rings is 1. The van der Waals surface area contributed by atoms with Gasteiger partial charge in [-0.3, -0.25) is 14.5 Å². The Morgan fingerprint density at radius 2 is 1.88 bits per heavy atom. The first kappa shape index (κ1) is 22.7. The monoisotopic (exact) mass is 468 g/mol. The lowest BCUT2D eigenvalue weighted by molar-refractivity contribution is -0.142. The molecule has 1 saturated carbocycles. The van der Waals surface area contributed by atoms with Crippen LogP contribution in [0.4, 0.5) is 4.39 Å². The lowest BCUT2D eigenvalue weighted by Gasteiger charge is -2.31. The molecular formula is C25H29FN4O4. The van der Waals surface area contributed by atoms with E-state index in [9.17, 15) is 14.0 Å². The van der Waals surface area contributed by atoms with E-state index in [0.29, 0.717) is 44.2 Å². The first-order chi connectivity index (χ1) is 16.6. The van der Waals surface area contributed by atoms with Crippen molar-refractivity contribution < 1.29 is 23.1 Å². The van der Waals surface area contributed by atoms with Crippen molar-refractivity contribution in [1.82, 2.24) is 14.8 Å². The van der Waals surface area contributed by atoms with Crippen molar-refractivity contribution in [2.45, 2.75) is 25.3 Å². The lowest BCUT2D eigenvalue weighted by atomic mass is 10.0. The second kappa shape index (κ2) is 10.1. The van der Waals surface area contributed by atoms with Crippen LogP contribution in [0.5, 0.6) is 0 Å². The summed E-state index contributed by atoms with van der Waals surface area (Å²) in [6.07, 6.45) is 3.79. The van der Waals surface area contributed by atoms with Crippen LogP contribution in [0.1, 0.15) is 36.6 Å². The van der Waals surface area contributed by atoms with E-state index in [1.807, 2.05) is 6.07 Å². The van der Waals surface area contributed by atoms with Gasteiger partial charge in [0.25, 0.3) is 5.91 Å². The van der Waals surface area contributed by atoms with E-state index < -0.39 is 6.04 Å². The average Bonchev–Trinajstić information content (AvgIpc) is 3.37. The van der Waals surface area contributed by atoms with E-state index in [-0.39, 0.29) is 30.1 Å². The van der Waals surface area contributed by atoms with Gasteiger partial charge in [-0.15, -0.1) is 0 Å². The fraction of sp³-hybridized carbons (Fsp3) is 0.480. The number of hydrogen-bond acceptors (Lipinski definition) is 6. The maximum Gasteiger partial charge on any atom is 0.262 e. The molecule has 2 fully saturated rings. The van der Waals surface area contributed by atoms with Crippen LogP contribution in [0.3, 0.4) is 0 Å². The molecule has 1 unspecified atom stereocenters. The van der Waals surface area contributed by atoms with E-state index in [1.54, 1.807) is 29.4 Å². The number of hydrazone groups is 1. The molecule has 9 heteroatoms. The first-order valence-corrected chi connectivity index (χ1v) is 11.9. The molecule has 1 aromatic carbocycles. The van der Waals surface area contributed by atoms with Gasteiger partial charge >= 0.3 is 0 Å². The van der Waals surface area contributed by atoms with Gasteiger partial charge in [-0.2, -0.15) is 5.10 Å². The molecule has 2 aliphatic heterocycles. The summed E-state index contributed by atoms with van der Waals surface area (Å²) in [5.74, 6) is 0.109. The number of rotatable bonds is 8. The summed E-state index contributed by atoms with van der Waals surface area (Å²) in [6, 6.07) is 9.27. The highest BCUT2D eigenvalue weighted by molar-refractivity contribution is 6.03. The molecule has 1 aliphatic carbocycles. The molecule has 1 atom stereocenters. The minimum atomic E-state index is -0.403. The Balaban J connectivity index is 1.33. The van der Waals surface area contributed by atoms with Gasteiger partial charge in [-0.25, -0.2) is 9.40 Å². The largest absolute Gasteiger partial charge is 0.467 e. The summed E-state index contributed by atoms with van der Waals surface area (Å²) in [6.45, 7) is 4.21. The smallest absolute Gasteiger partial charge is 0.262 e. The third-order valence-electron chi connectivity index (χ3n) is 6.57. The Morgan fingerprint density at radius 3 is 2.56 bits per heavy atom. The Bertz CT molecular complexity index is 1030. The zero-order valence-corrected chi connectivity index (χ0v) is 19.1. The molecule has 0 bridgehead atoms. The topological polar surface area (TPSA) is 78.6 Å². The minimum Gasteiger partial charge on any atom is -0.467 e. The third-order valence-corrected chi connectivity index (χ3v) is 6.57. The van der Waals surface area contributed by atoms with Gasteiger partial charge in [-0.05, 0) is 42.7 Å². The summed E-state index contributed by atoms with van der Waals surface area (Å²) in [4.78, 5) is 30.4. The van der Waals surface area contributed by atoms with Crippen molar-refractivity contribution in [2.24, 2.45) is 11.0 Å². The quantitative estimate of drug-likeness (QED) is 0.595. The molecule has 0 N–H and O–H groups in total. The zero-order chi connectivity index (χ0) is 23.5. The van der Waals surface area contributed by atoms with Crippen molar-refractivity contribution in [2.75, 3.05) is 45.9 Å². The highest BCUT2D eigenvalue weighted by atomic mass is 19.1. The molecule has 0 spiro atoms. The molecular weight excluding hydrogens is 439 g/mol. The second-order valence-corrected chi connectivity index (χ2v) is 9.02. The van der Waals surface area contributed by atoms with Crippen LogP contribution < -0.4 is 0 Å². The highest BCUT2D eigenvalue weighted by Gasteiger charge is 2.38. The zero-order valence-electron chi connectivity index (χ0n) is 19.1. The van der Waals surface area contributed by atoms with Gasteiger partial charge in [0.15, 0.2) is 0 Å². The molecule has 3 heterocycles. The Kier molecular flexibility index (Phi) is 6.73. The van der Waals surface area contributed by atoms with E-state index >= 15 is 0 Å². The van der Waals surface area contributed by atoms with Crippen molar-refractivity contribution in [3.05, 3.63) is 59.8 Å². The number of nitrogens with zero attached hydrogens (tertiary/aromatic N) is 4. The van der Waals surface area contributed by atoms with Crippen molar-refractivity contribution >= 4 is 17.5 Å². The fourth-order valence-corrected chi connectivity index (χ4v) is 4.44. The summed E-state index contributed by atoms with van der Waals surface area (Å²) in [7, 11) is 0. The van der Waals surface area contributed by atoms with Gasteiger partial charge in [-0.1, -0.05) is 12.1 Å². The summed E-state index contributed by atoms with van der Waals surface area (Å²) >= 11 is 0.